The Morgan fingerprint density at radius 2 is 1.61 bits per heavy atom. The van der Waals surface area contributed by atoms with Crippen molar-refractivity contribution >= 4 is 40.7 Å². The maximum Gasteiger partial charge on any atom is 0.0441 e. The fraction of sp³-hybridized carbons (Fsp3) is 0.143. The van der Waals surface area contributed by atoms with E-state index in [0.717, 1.165) is 18.0 Å². The zero-order chi connectivity index (χ0) is 12.8. The van der Waals surface area contributed by atoms with Gasteiger partial charge in [-0.2, -0.15) is 0 Å². The van der Waals surface area contributed by atoms with Gasteiger partial charge in [0, 0.05) is 32.9 Å². The third-order valence-corrected chi connectivity index (χ3v) is 3.76. The Morgan fingerprint density at radius 3 is 2.28 bits per heavy atom. The summed E-state index contributed by atoms with van der Waals surface area (Å²) in [5.74, 6) is 0.994. The van der Waals surface area contributed by atoms with Crippen molar-refractivity contribution in [1.82, 2.24) is 0 Å². The normalized spacial score (nSPS) is 10.3. The van der Waals surface area contributed by atoms with E-state index in [-0.39, 0.29) is 0 Å². The molecule has 2 rings (SSSR count). The molecule has 0 amide bonds. The van der Waals surface area contributed by atoms with E-state index in [2.05, 4.69) is 17.4 Å². The smallest absolute Gasteiger partial charge is 0.0441 e. The van der Waals surface area contributed by atoms with Crippen molar-refractivity contribution in [2.24, 2.45) is 0 Å². The van der Waals surface area contributed by atoms with E-state index in [4.69, 9.17) is 23.2 Å². The monoisotopic (exact) mass is 297 g/mol. The lowest BCUT2D eigenvalue weighted by molar-refractivity contribution is 1.22. The van der Waals surface area contributed by atoms with Crippen molar-refractivity contribution in [3.63, 3.8) is 0 Å². The molecule has 4 heteroatoms. The molecule has 0 atom stereocenters. The van der Waals surface area contributed by atoms with E-state index in [1.165, 1.54) is 4.90 Å². The lowest BCUT2D eigenvalue weighted by Crippen LogP contribution is -2.03. The second kappa shape index (κ2) is 6.93. The minimum Gasteiger partial charge on any atom is -0.384 e. The third-order valence-electron chi connectivity index (χ3n) is 2.31. The molecule has 0 aliphatic heterocycles. The Bertz CT molecular complexity index is 482. The molecule has 0 aliphatic carbocycles. The second-order valence-electron chi connectivity index (χ2n) is 3.75. The molecule has 0 radical (unpaired) electrons. The van der Waals surface area contributed by atoms with Crippen LogP contribution in [0.3, 0.4) is 0 Å². The zero-order valence-electron chi connectivity index (χ0n) is 9.70. The van der Waals surface area contributed by atoms with Crippen molar-refractivity contribution in [3.8, 4) is 0 Å². The van der Waals surface area contributed by atoms with Crippen molar-refractivity contribution in [3.05, 3.63) is 58.6 Å². The standard InChI is InChI=1S/C14H13Cl2NS/c15-11-8-12(16)10-13(9-11)17-6-7-18-14-4-2-1-3-5-14/h1-5,8-10,17H,6-7H2. The number of hydrogen-bond donors (Lipinski definition) is 1. The highest BCUT2D eigenvalue weighted by Crippen LogP contribution is 2.23. The van der Waals surface area contributed by atoms with Gasteiger partial charge in [-0.1, -0.05) is 41.4 Å². The summed E-state index contributed by atoms with van der Waals surface area (Å²) < 4.78 is 0. The van der Waals surface area contributed by atoms with Gasteiger partial charge >= 0.3 is 0 Å². The minimum atomic E-state index is 0.653. The van der Waals surface area contributed by atoms with Gasteiger partial charge in [-0.25, -0.2) is 0 Å². The largest absolute Gasteiger partial charge is 0.384 e. The molecule has 1 N–H and O–H groups in total. The first-order valence-corrected chi connectivity index (χ1v) is 7.36. The average molecular weight is 298 g/mol. The first kappa shape index (κ1) is 13.6. The highest BCUT2D eigenvalue weighted by molar-refractivity contribution is 7.99. The van der Waals surface area contributed by atoms with Crippen LogP contribution in [0.4, 0.5) is 5.69 Å². The maximum absolute atomic E-state index is 5.93. The Morgan fingerprint density at radius 1 is 0.944 bits per heavy atom. The van der Waals surface area contributed by atoms with Crippen LogP contribution in [0.1, 0.15) is 0 Å². The molecule has 0 bridgehead atoms. The molecule has 0 saturated heterocycles. The summed E-state index contributed by atoms with van der Waals surface area (Å²) in [5.41, 5.74) is 0.959. The van der Waals surface area contributed by atoms with Crippen LogP contribution in [-0.2, 0) is 0 Å². The number of thioether (sulfide) groups is 1. The van der Waals surface area contributed by atoms with E-state index < -0.39 is 0 Å². The number of anilines is 1. The Hall–Kier alpha value is -0.830. The quantitative estimate of drug-likeness (QED) is 0.601. The van der Waals surface area contributed by atoms with Gasteiger partial charge in [0.2, 0.25) is 0 Å². The molecule has 0 saturated carbocycles. The van der Waals surface area contributed by atoms with E-state index in [9.17, 15) is 0 Å². The van der Waals surface area contributed by atoms with Crippen molar-refractivity contribution in [1.29, 1.82) is 0 Å². The lowest BCUT2D eigenvalue weighted by atomic mass is 10.3. The number of halogens is 2. The van der Waals surface area contributed by atoms with Crippen LogP contribution < -0.4 is 5.32 Å². The number of benzene rings is 2. The predicted molar refractivity (Wildman–Crippen MR) is 82.1 cm³/mol. The van der Waals surface area contributed by atoms with Gasteiger partial charge in [0.25, 0.3) is 0 Å². The molecule has 0 spiro atoms. The summed E-state index contributed by atoms with van der Waals surface area (Å²) in [5, 5.41) is 4.61. The average Bonchev–Trinajstić information content (AvgIpc) is 2.35. The van der Waals surface area contributed by atoms with E-state index in [1.54, 1.807) is 6.07 Å². The first-order chi connectivity index (χ1) is 8.74. The first-order valence-electron chi connectivity index (χ1n) is 5.62. The molecule has 2 aromatic rings. The molecule has 0 fully saturated rings. The molecule has 0 heterocycles. The molecule has 0 unspecified atom stereocenters. The summed E-state index contributed by atoms with van der Waals surface area (Å²) in [4.78, 5) is 1.28. The van der Waals surface area contributed by atoms with Crippen LogP contribution in [-0.4, -0.2) is 12.3 Å². The number of nitrogens with one attached hydrogen (secondary N) is 1. The lowest BCUT2D eigenvalue weighted by Gasteiger charge is -2.07. The molecular weight excluding hydrogens is 285 g/mol. The Balaban J connectivity index is 1.78. The molecule has 0 aliphatic rings. The van der Waals surface area contributed by atoms with Crippen molar-refractivity contribution in [2.45, 2.75) is 4.90 Å². The summed E-state index contributed by atoms with van der Waals surface area (Å²) >= 11 is 13.7. The summed E-state index contributed by atoms with van der Waals surface area (Å²) in [7, 11) is 0. The molecule has 2 aromatic carbocycles. The maximum atomic E-state index is 5.93. The highest BCUT2D eigenvalue weighted by Gasteiger charge is 1.98. The summed E-state index contributed by atoms with van der Waals surface area (Å²) in [6, 6.07) is 15.8. The fourth-order valence-corrected chi connectivity index (χ4v) is 2.85. The molecular formula is C14H13Cl2NS. The second-order valence-corrected chi connectivity index (χ2v) is 5.79. The zero-order valence-corrected chi connectivity index (χ0v) is 12.0. The van der Waals surface area contributed by atoms with Crippen LogP contribution >= 0.6 is 35.0 Å². The van der Waals surface area contributed by atoms with Gasteiger partial charge in [-0.05, 0) is 30.3 Å². The summed E-state index contributed by atoms with van der Waals surface area (Å²) in [6.45, 7) is 0.871. The molecule has 18 heavy (non-hydrogen) atoms. The number of rotatable bonds is 5. The van der Waals surface area contributed by atoms with Gasteiger partial charge in [0.05, 0.1) is 0 Å². The third kappa shape index (κ3) is 4.45. The molecule has 1 nitrogen and oxygen atoms in total. The molecule has 0 aromatic heterocycles. The van der Waals surface area contributed by atoms with E-state index >= 15 is 0 Å². The van der Waals surface area contributed by atoms with Gasteiger partial charge in [0.1, 0.15) is 0 Å². The van der Waals surface area contributed by atoms with E-state index in [1.807, 2.05) is 42.1 Å². The molecule has 94 valence electrons. The van der Waals surface area contributed by atoms with Gasteiger partial charge in [0.15, 0.2) is 0 Å². The van der Waals surface area contributed by atoms with Crippen LogP contribution in [0.25, 0.3) is 0 Å². The van der Waals surface area contributed by atoms with Crippen molar-refractivity contribution in [2.75, 3.05) is 17.6 Å². The minimum absolute atomic E-state index is 0.653. The highest BCUT2D eigenvalue weighted by atomic mass is 35.5. The number of hydrogen-bond acceptors (Lipinski definition) is 2. The Labute approximate surface area is 121 Å². The fourth-order valence-electron chi connectivity index (χ4n) is 1.54. The van der Waals surface area contributed by atoms with Gasteiger partial charge in [-0.15, -0.1) is 11.8 Å². The van der Waals surface area contributed by atoms with Crippen LogP contribution in [0.2, 0.25) is 10.0 Å². The van der Waals surface area contributed by atoms with Gasteiger partial charge in [-0.3, -0.25) is 0 Å². The summed E-state index contributed by atoms with van der Waals surface area (Å²) in [6.07, 6.45) is 0. The Kier molecular flexibility index (Phi) is 5.24. The predicted octanol–water partition coefficient (Wildman–Crippen LogP) is 5.20. The van der Waals surface area contributed by atoms with Crippen LogP contribution in [0.15, 0.2) is 53.4 Å². The van der Waals surface area contributed by atoms with E-state index in [0.29, 0.717) is 10.0 Å². The van der Waals surface area contributed by atoms with Gasteiger partial charge < -0.3 is 5.32 Å². The van der Waals surface area contributed by atoms with Crippen LogP contribution in [0.5, 0.6) is 0 Å². The van der Waals surface area contributed by atoms with Crippen LogP contribution in [0, 0.1) is 0 Å². The topological polar surface area (TPSA) is 12.0 Å². The van der Waals surface area contributed by atoms with Crippen molar-refractivity contribution < 1.29 is 0 Å². The SMILES string of the molecule is Clc1cc(Cl)cc(NCCSc2ccccc2)c1.